The van der Waals surface area contributed by atoms with Gasteiger partial charge in [-0.25, -0.2) is 8.42 Å². The van der Waals surface area contributed by atoms with Crippen LogP contribution in [0.2, 0.25) is 5.15 Å². The molecular weight excluding hydrogens is 487 g/mol. The van der Waals surface area contributed by atoms with E-state index in [0.29, 0.717) is 16.0 Å². The fraction of sp³-hybridized carbons (Fsp3) is 0.158. The van der Waals surface area contributed by atoms with Crippen LogP contribution in [0, 0.1) is 12.1 Å². The molecule has 0 saturated heterocycles. The van der Waals surface area contributed by atoms with Crippen molar-refractivity contribution in [3.8, 4) is 23.0 Å². The van der Waals surface area contributed by atoms with E-state index in [-0.39, 0.29) is 29.0 Å². The molecular formula is C19H13ClF3N5O4S. The lowest BCUT2D eigenvalue weighted by molar-refractivity contribution is -0.603. The predicted molar refractivity (Wildman–Crippen MR) is 108 cm³/mol. The van der Waals surface area contributed by atoms with Gasteiger partial charge in [0, 0.05) is 22.9 Å². The minimum Gasteiger partial charge on any atom is -0.618 e. The summed E-state index contributed by atoms with van der Waals surface area (Å²) in [6, 6.07) is 8.77. The molecule has 3 aromatic heterocycles. The molecule has 4 aromatic rings. The van der Waals surface area contributed by atoms with Crippen LogP contribution in [-0.4, -0.2) is 33.8 Å². The minimum atomic E-state index is -5.45. The van der Waals surface area contributed by atoms with E-state index in [9.17, 15) is 26.8 Å². The number of nitrogens with zero attached hydrogens (tertiary/aromatic N) is 5. The summed E-state index contributed by atoms with van der Waals surface area (Å²) in [5.74, 6) is 0.0899. The number of benzene rings is 1. The maximum absolute atomic E-state index is 12.7. The van der Waals surface area contributed by atoms with Crippen molar-refractivity contribution in [2.75, 3.05) is 0 Å². The Morgan fingerprint density at radius 1 is 1.18 bits per heavy atom. The van der Waals surface area contributed by atoms with Crippen LogP contribution in [0.3, 0.4) is 0 Å². The Bertz CT molecular complexity index is 1430. The molecule has 0 unspecified atom stereocenters. The monoisotopic (exact) mass is 499 g/mol. The third-order valence-corrected chi connectivity index (χ3v) is 6.41. The molecule has 14 heteroatoms. The summed E-state index contributed by atoms with van der Waals surface area (Å²) in [4.78, 5) is 3.29. The zero-order valence-electron chi connectivity index (χ0n) is 16.6. The second-order valence-electron chi connectivity index (χ2n) is 6.91. The Kier molecular flexibility index (Phi) is 5.62. The molecule has 1 aromatic carbocycles. The van der Waals surface area contributed by atoms with Gasteiger partial charge in [0.05, 0.1) is 11.4 Å². The van der Waals surface area contributed by atoms with Gasteiger partial charge in [-0.05, 0) is 54.9 Å². The molecule has 0 aliphatic carbocycles. The largest absolute Gasteiger partial charge is 0.618 e. The van der Waals surface area contributed by atoms with Gasteiger partial charge >= 0.3 is 5.51 Å². The molecule has 0 bridgehead atoms. The van der Waals surface area contributed by atoms with E-state index >= 15 is 0 Å². The number of aryl methyl sites for hydroxylation is 1. The van der Waals surface area contributed by atoms with Gasteiger partial charge in [0.15, 0.2) is 11.9 Å². The Morgan fingerprint density at radius 3 is 2.52 bits per heavy atom. The molecule has 0 aliphatic heterocycles. The number of halogens is 4. The lowest BCUT2D eigenvalue weighted by Gasteiger charge is -2.07. The van der Waals surface area contributed by atoms with E-state index < -0.39 is 20.2 Å². The lowest BCUT2D eigenvalue weighted by atomic mass is 10.2. The quantitative estimate of drug-likeness (QED) is 0.234. The van der Waals surface area contributed by atoms with Crippen LogP contribution >= 0.6 is 11.6 Å². The van der Waals surface area contributed by atoms with E-state index in [0.717, 1.165) is 30.0 Å². The molecule has 0 atom stereocenters. The van der Waals surface area contributed by atoms with Crippen LogP contribution in [-0.2, 0) is 16.4 Å². The summed E-state index contributed by atoms with van der Waals surface area (Å²) in [5, 5.41) is 19.8. The molecule has 4 rings (SSSR count). The normalized spacial score (nSPS) is 12.3. The molecule has 0 fully saturated rings. The van der Waals surface area contributed by atoms with Gasteiger partial charge in [0.25, 0.3) is 20.9 Å². The van der Waals surface area contributed by atoms with Gasteiger partial charge in [-0.1, -0.05) is 5.16 Å². The molecule has 33 heavy (non-hydrogen) atoms. The number of pyridine rings is 1. The van der Waals surface area contributed by atoms with Crippen molar-refractivity contribution < 1.29 is 30.8 Å². The Hall–Kier alpha value is -3.45. The predicted octanol–water partition coefficient (Wildman–Crippen LogP) is 3.54. The minimum absolute atomic E-state index is 0.0401. The number of hydrogen-bond donors (Lipinski definition) is 0. The van der Waals surface area contributed by atoms with E-state index in [1.54, 1.807) is 23.7 Å². The van der Waals surface area contributed by atoms with E-state index in [4.69, 9.17) is 16.1 Å². The Balaban J connectivity index is 1.56. The zero-order chi connectivity index (χ0) is 24.0. The summed E-state index contributed by atoms with van der Waals surface area (Å²) in [6.45, 7) is 2.07. The van der Waals surface area contributed by atoms with Gasteiger partial charge in [-0.2, -0.15) is 28.0 Å². The standard InChI is InChI=1S/C19H13ClF3N5O4S/c1-11-8-15(25-27(11)9-12-2-7-16(20)28(29)10-12)18-24-17(26-32-18)13-3-5-14(6-4-13)33(30,31)19(21,22)23/h2-8,10H,9H2,1H3. The highest BCUT2D eigenvalue weighted by atomic mass is 35.5. The van der Waals surface area contributed by atoms with Crippen molar-refractivity contribution in [2.45, 2.75) is 23.9 Å². The van der Waals surface area contributed by atoms with Gasteiger partial charge in [0.1, 0.15) is 0 Å². The molecule has 0 N–H and O–H groups in total. The van der Waals surface area contributed by atoms with Crippen LogP contribution < -0.4 is 4.73 Å². The van der Waals surface area contributed by atoms with Gasteiger partial charge < -0.3 is 9.73 Å². The first-order valence-corrected chi connectivity index (χ1v) is 11.0. The maximum Gasteiger partial charge on any atom is 0.501 e. The summed E-state index contributed by atoms with van der Waals surface area (Å²) in [5.41, 5.74) is -3.41. The highest BCUT2D eigenvalue weighted by Crippen LogP contribution is 2.31. The second-order valence-corrected chi connectivity index (χ2v) is 9.24. The smallest absolute Gasteiger partial charge is 0.501 e. The summed E-state index contributed by atoms with van der Waals surface area (Å²) >= 11 is 5.72. The first kappa shape index (κ1) is 22.7. The second kappa shape index (κ2) is 8.15. The van der Waals surface area contributed by atoms with Crippen molar-refractivity contribution in [3.05, 3.63) is 70.3 Å². The first-order valence-electron chi connectivity index (χ1n) is 9.13. The zero-order valence-corrected chi connectivity index (χ0v) is 18.2. The van der Waals surface area contributed by atoms with Gasteiger partial charge in [-0.15, -0.1) is 0 Å². The molecule has 0 aliphatic rings. The van der Waals surface area contributed by atoms with E-state index in [2.05, 4.69) is 15.2 Å². The van der Waals surface area contributed by atoms with E-state index in [1.807, 2.05) is 0 Å². The summed E-state index contributed by atoms with van der Waals surface area (Å²) in [6.07, 6.45) is 1.33. The summed E-state index contributed by atoms with van der Waals surface area (Å²) in [7, 11) is -5.45. The number of aromatic nitrogens is 5. The van der Waals surface area contributed by atoms with Crippen LogP contribution in [0.4, 0.5) is 13.2 Å². The van der Waals surface area contributed by atoms with Gasteiger partial charge in [0.2, 0.25) is 5.82 Å². The molecule has 0 radical (unpaired) electrons. The average Bonchev–Trinajstić information content (AvgIpc) is 3.37. The topological polar surface area (TPSA) is 118 Å². The molecule has 0 amide bonds. The summed E-state index contributed by atoms with van der Waals surface area (Å²) < 4.78 is 68.4. The van der Waals surface area contributed by atoms with Crippen LogP contribution in [0.1, 0.15) is 11.3 Å². The Morgan fingerprint density at radius 2 is 1.88 bits per heavy atom. The number of hydrogen-bond acceptors (Lipinski definition) is 7. The van der Waals surface area contributed by atoms with Gasteiger partial charge in [-0.3, -0.25) is 4.68 Å². The highest BCUT2D eigenvalue weighted by molar-refractivity contribution is 7.92. The average molecular weight is 500 g/mol. The van der Waals surface area contributed by atoms with Crippen molar-refractivity contribution in [3.63, 3.8) is 0 Å². The number of alkyl halides is 3. The first-order chi connectivity index (χ1) is 15.5. The van der Waals surface area contributed by atoms with Crippen LogP contribution in [0.15, 0.2) is 58.1 Å². The fourth-order valence-electron chi connectivity index (χ4n) is 2.91. The lowest BCUT2D eigenvalue weighted by Crippen LogP contribution is -2.27. The molecule has 0 spiro atoms. The van der Waals surface area contributed by atoms with Crippen molar-refractivity contribution in [2.24, 2.45) is 0 Å². The molecule has 172 valence electrons. The third-order valence-electron chi connectivity index (χ3n) is 4.61. The third kappa shape index (κ3) is 4.41. The van der Waals surface area contributed by atoms with Crippen molar-refractivity contribution >= 4 is 21.4 Å². The van der Waals surface area contributed by atoms with Crippen molar-refractivity contribution in [1.82, 2.24) is 19.9 Å². The maximum atomic E-state index is 12.7. The van der Waals surface area contributed by atoms with E-state index in [1.165, 1.54) is 12.3 Å². The SMILES string of the molecule is Cc1cc(-c2nc(-c3ccc(S(=O)(=O)C(F)(F)F)cc3)no2)nn1Cc1ccc(Cl)[n+]([O-])c1. The van der Waals surface area contributed by atoms with Crippen molar-refractivity contribution in [1.29, 1.82) is 0 Å². The number of sulfone groups is 1. The van der Waals surface area contributed by atoms with Crippen LogP contribution in [0.25, 0.3) is 23.0 Å². The molecule has 3 heterocycles. The Labute approximate surface area is 189 Å². The molecule has 9 nitrogen and oxygen atoms in total. The number of rotatable bonds is 5. The highest BCUT2D eigenvalue weighted by Gasteiger charge is 2.46. The van der Waals surface area contributed by atoms with Crippen LogP contribution in [0.5, 0.6) is 0 Å². The fourth-order valence-corrected chi connectivity index (χ4v) is 3.78. The molecule has 0 saturated carbocycles.